The molecule has 0 aliphatic heterocycles. The van der Waals surface area contributed by atoms with Gasteiger partial charge < -0.3 is 10.3 Å². The highest BCUT2D eigenvalue weighted by Crippen LogP contribution is 2.24. The molecule has 2 rings (SSSR count). The standard InChI is InChI=1S/C16H20N2O/c1-10-9-15(12(3)18(4)16(10)19)14-7-5-13(6-8-14)11(2)17/h5-9,11H,17H2,1-4H3/t11-/m1/s1. The average molecular weight is 256 g/mol. The Labute approximate surface area is 113 Å². The normalized spacial score (nSPS) is 12.5. The van der Waals surface area contributed by atoms with Crippen LogP contribution in [0.25, 0.3) is 11.1 Å². The fourth-order valence-electron chi connectivity index (χ4n) is 2.24. The van der Waals surface area contributed by atoms with Gasteiger partial charge in [-0.3, -0.25) is 4.79 Å². The first kappa shape index (κ1) is 13.6. The summed E-state index contributed by atoms with van der Waals surface area (Å²) in [5, 5.41) is 0. The maximum absolute atomic E-state index is 11.9. The van der Waals surface area contributed by atoms with Crippen molar-refractivity contribution in [3.05, 3.63) is 57.5 Å². The van der Waals surface area contributed by atoms with E-state index in [2.05, 4.69) is 12.1 Å². The van der Waals surface area contributed by atoms with Crippen LogP contribution in [0.2, 0.25) is 0 Å². The molecule has 1 heterocycles. The van der Waals surface area contributed by atoms with E-state index in [0.29, 0.717) is 0 Å². The second-order valence-electron chi connectivity index (χ2n) is 5.10. The first-order valence-electron chi connectivity index (χ1n) is 6.45. The Hall–Kier alpha value is -1.87. The fraction of sp³-hybridized carbons (Fsp3) is 0.312. The summed E-state index contributed by atoms with van der Waals surface area (Å²) in [7, 11) is 1.81. The average Bonchev–Trinajstić information content (AvgIpc) is 2.40. The minimum atomic E-state index is 0.0389. The number of rotatable bonds is 2. The van der Waals surface area contributed by atoms with Crippen LogP contribution in [0.4, 0.5) is 0 Å². The molecule has 100 valence electrons. The van der Waals surface area contributed by atoms with E-state index < -0.39 is 0 Å². The molecule has 2 N–H and O–H groups in total. The predicted octanol–water partition coefficient (Wildman–Crippen LogP) is 2.69. The van der Waals surface area contributed by atoms with E-state index in [4.69, 9.17) is 5.73 Å². The fourth-order valence-corrected chi connectivity index (χ4v) is 2.24. The van der Waals surface area contributed by atoms with Crippen molar-refractivity contribution in [2.75, 3.05) is 0 Å². The summed E-state index contributed by atoms with van der Waals surface area (Å²) in [6.45, 7) is 5.79. The molecule has 1 aromatic carbocycles. The van der Waals surface area contributed by atoms with E-state index in [1.165, 1.54) is 0 Å². The van der Waals surface area contributed by atoms with Crippen LogP contribution < -0.4 is 11.3 Å². The highest BCUT2D eigenvalue weighted by atomic mass is 16.1. The number of aryl methyl sites for hydroxylation is 1. The van der Waals surface area contributed by atoms with Crippen molar-refractivity contribution < 1.29 is 0 Å². The van der Waals surface area contributed by atoms with Gasteiger partial charge in [0.2, 0.25) is 0 Å². The van der Waals surface area contributed by atoms with E-state index in [9.17, 15) is 4.79 Å². The van der Waals surface area contributed by atoms with Gasteiger partial charge in [-0.25, -0.2) is 0 Å². The Kier molecular flexibility index (Phi) is 3.58. The molecule has 0 fully saturated rings. The van der Waals surface area contributed by atoms with E-state index in [-0.39, 0.29) is 11.6 Å². The molecule has 3 nitrogen and oxygen atoms in total. The van der Waals surface area contributed by atoms with Gasteiger partial charge >= 0.3 is 0 Å². The summed E-state index contributed by atoms with van der Waals surface area (Å²) in [4.78, 5) is 11.9. The molecule has 3 heteroatoms. The van der Waals surface area contributed by atoms with Crippen molar-refractivity contribution in [2.24, 2.45) is 12.8 Å². The number of nitrogens with two attached hydrogens (primary N) is 1. The largest absolute Gasteiger partial charge is 0.324 e. The third-order valence-corrected chi connectivity index (χ3v) is 3.64. The molecule has 0 saturated carbocycles. The van der Waals surface area contributed by atoms with Crippen LogP contribution in [-0.4, -0.2) is 4.57 Å². The van der Waals surface area contributed by atoms with E-state index in [0.717, 1.165) is 27.9 Å². The smallest absolute Gasteiger partial charge is 0.253 e. The van der Waals surface area contributed by atoms with Crippen LogP contribution >= 0.6 is 0 Å². The zero-order valence-corrected chi connectivity index (χ0v) is 11.9. The second-order valence-corrected chi connectivity index (χ2v) is 5.10. The van der Waals surface area contributed by atoms with Crippen molar-refractivity contribution >= 4 is 0 Å². The summed E-state index contributed by atoms with van der Waals surface area (Å²) in [5.41, 5.74) is 11.0. The Morgan fingerprint density at radius 3 is 2.26 bits per heavy atom. The topological polar surface area (TPSA) is 48.0 Å². The lowest BCUT2D eigenvalue weighted by molar-refractivity contribution is 0.810. The van der Waals surface area contributed by atoms with Gasteiger partial charge in [0.15, 0.2) is 0 Å². The number of pyridine rings is 1. The lowest BCUT2D eigenvalue weighted by Crippen LogP contribution is -2.21. The van der Waals surface area contributed by atoms with Crippen LogP contribution in [0, 0.1) is 13.8 Å². The number of hydrogen-bond acceptors (Lipinski definition) is 2. The summed E-state index contributed by atoms with van der Waals surface area (Å²) in [6.07, 6.45) is 0. The zero-order valence-electron chi connectivity index (χ0n) is 11.9. The second kappa shape index (κ2) is 5.02. The maximum Gasteiger partial charge on any atom is 0.253 e. The molecule has 0 spiro atoms. The van der Waals surface area contributed by atoms with Crippen molar-refractivity contribution in [1.29, 1.82) is 0 Å². The van der Waals surface area contributed by atoms with E-state index in [1.807, 2.05) is 46.0 Å². The molecular formula is C16H20N2O. The van der Waals surface area contributed by atoms with Crippen molar-refractivity contribution in [3.63, 3.8) is 0 Å². The van der Waals surface area contributed by atoms with E-state index in [1.54, 1.807) is 4.57 Å². The van der Waals surface area contributed by atoms with Gasteiger partial charge in [-0.2, -0.15) is 0 Å². The molecule has 0 unspecified atom stereocenters. The quantitative estimate of drug-likeness (QED) is 0.898. The summed E-state index contributed by atoms with van der Waals surface area (Å²) < 4.78 is 1.70. The van der Waals surface area contributed by atoms with Crippen LogP contribution in [0.5, 0.6) is 0 Å². The van der Waals surface area contributed by atoms with Gasteiger partial charge in [-0.15, -0.1) is 0 Å². The van der Waals surface area contributed by atoms with Crippen LogP contribution in [0.1, 0.15) is 29.8 Å². The summed E-state index contributed by atoms with van der Waals surface area (Å²) >= 11 is 0. The Morgan fingerprint density at radius 1 is 1.16 bits per heavy atom. The van der Waals surface area contributed by atoms with Crippen molar-refractivity contribution in [1.82, 2.24) is 4.57 Å². The highest BCUT2D eigenvalue weighted by molar-refractivity contribution is 5.66. The van der Waals surface area contributed by atoms with E-state index >= 15 is 0 Å². The maximum atomic E-state index is 11.9. The molecule has 0 aliphatic carbocycles. The molecule has 1 aromatic heterocycles. The Bertz CT molecular complexity index is 652. The first-order chi connectivity index (χ1) is 8.91. The van der Waals surface area contributed by atoms with Crippen LogP contribution in [-0.2, 0) is 7.05 Å². The molecular weight excluding hydrogens is 236 g/mol. The first-order valence-corrected chi connectivity index (χ1v) is 6.45. The number of nitrogens with zero attached hydrogens (tertiary/aromatic N) is 1. The van der Waals surface area contributed by atoms with Crippen molar-refractivity contribution in [3.8, 4) is 11.1 Å². The molecule has 0 amide bonds. The molecule has 0 bridgehead atoms. The monoisotopic (exact) mass is 256 g/mol. The Morgan fingerprint density at radius 2 is 1.74 bits per heavy atom. The van der Waals surface area contributed by atoms with Crippen LogP contribution in [0.15, 0.2) is 35.1 Å². The number of benzene rings is 1. The molecule has 0 saturated heterocycles. The minimum absolute atomic E-state index is 0.0389. The summed E-state index contributed by atoms with van der Waals surface area (Å²) in [6, 6.07) is 10.2. The van der Waals surface area contributed by atoms with Gasteiger partial charge in [-0.1, -0.05) is 24.3 Å². The van der Waals surface area contributed by atoms with Gasteiger partial charge in [0.05, 0.1) is 0 Å². The predicted molar refractivity (Wildman–Crippen MR) is 79.2 cm³/mol. The Balaban J connectivity index is 2.56. The minimum Gasteiger partial charge on any atom is -0.324 e. The molecule has 0 radical (unpaired) electrons. The number of aromatic nitrogens is 1. The SMILES string of the molecule is Cc1cc(-c2ccc([C@@H](C)N)cc2)c(C)n(C)c1=O. The van der Waals surface area contributed by atoms with Gasteiger partial charge in [-0.05, 0) is 38.0 Å². The van der Waals surface area contributed by atoms with Crippen LogP contribution in [0.3, 0.4) is 0 Å². The lowest BCUT2D eigenvalue weighted by Gasteiger charge is -2.13. The molecule has 2 aromatic rings. The van der Waals surface area contributed by atoms with Gasteiger partial charge in [0.1, 0.15) is 0 Å². The number of hydrogen-bond donors (Lipinski definition) is 1. The van der Waals surface area contributed by atoms with Crippen molar-refractivity contribution in [2.45, 2.75) is 26.8 Å². The third kappa shape index (κ3) is 2.47. The zero-order chi connectivity index (χ0) is 14.2. The third-order valence-electron chi connectivity index (χ3n) is 3.64. The summed E-state index contributed by atoms with van der Waals surface area (Å²) in [5.74, 6) is 0. The van der Waals surface area contributed by atoms with Gasteiger partial charge in [0, 0.05) is 29.9 Å². The molecule has 19 heavy (non-hydrogen) atoms. The molecule has 1 atom stereocenters. The van der Waals surface area contributed by atoms with Gasteiger partial charge in [0.25, 0.3) is 5.56 Å². The lowest BCUT2D eigenvalue weighted by atomic mass is 9.99. The molecule has 0 aliphatic rings. The highest BCUT2D eigenvalue weighted by Gasteiger charge is 2.09.